The molecule has 1 N–H and O–H groups in total. The molecule has 1 aliphatic rings. The summed E-state index contributed by atoms with van der Waals surface area (Å²) < 4.78 is 0. The summed E-state index contributed by atoms with van der Waals surface area (Å²) in [5.41, 5.74) is 1.21. The molecule has 1 atom stereocenters. The van der Waals surface area contributed by atoms with Gasteiger partial charge in [0.05, 0.1) is 11.7 Å². The van der Waals surface area contributed by atoms with Crippen LogP contribution in [0.2, 0.25) is 0 Å². The number of hydrogen-bond donors (Lipinski definition) is 1. The van der Waals surface area contributed by atoms with Gasteiger partial charge in [0.1, 0.15) is 5.01 Å². The summed E-state index contributed by atoms with van der Waals surface area (Å²) in [6.45, 7) is 7.58. The van der Waals surface area contributed by atoms with Crippen LogP contribution in [0.15, 0.2) is 0 Å². The van der Waals surface area contributed by atoms with Gasteiger partial charge in [0.15, 0.2) is 0 Å². The first-order valence-corrected chi connectivity index (χ1v) is 8.64. The van der Waals surface area contributed by atoms with Crippen molar-refractivity contribution in [3.05, 3.63) is 15.6 Å². The quantitative estimate of drug-likeness (QED) is 0.842. The lowest BCUT2D eigenvalue weighted by Crippen LogP contribution is -2.32. The van der Waals surface area contributed by atoms with Gasteiger partial charge < -0.3 is 5.32 Å². The molecule has 0 radical (unpaired) electrons. The third kappa shape index (κ3) is 3.47. The van der Waals surface area contributed by atoms with Crippen LogP contribution in [-0.4, -0.2) is 41.5 Å². The van der Waals surface area contributed by atoms with Crippen LogP contribution in [0.25, 0.3) is 0 Å². The fourth-order valence-corrected chi connectivity index (χ4v) is 4.61. The molecule has 1 saturated heterocycles. The molecule has 18 heavy (non-hydrogen) atoms. The molecule has 0 aromatic carbocycles. The Labute approximate surface area is 118 Å². The minimum absolute atomic E-state index is 0.521. The van der Waals surface area contributed by atoms with Crippen molar-refractivity contribution in [2.45, 2.75) is 32.9 Å². The number of aryl methyl sites for hydroxylation is 1. The summed E-state index contributed by atoms with van der Waals surface area (Å²) in [7, 11) is 2.22. The van der Waals surface area contributed by atoms with Gasteiger partial charge in [-0.15, -0.1) is 11.3 Å². The minimum Gasteiger partial charge on any atom is -0.312 e. The smallest absolute Gasteiger partial charge is 0.111 e. The number of rotatable bonds is 5. The van der Waals surface area contributed by atoms with Crippen LogP contribution in [0.5, 0.6) is 0 Å². The molecule has 1 aliphatic heterocycles. The van der Waals surface area contributed by atoms with Crippen LogP contribution in [-0.2, 0) is 6.54 Å². The SMILES string of the molecule is CCCNCc1sc(C2CSCCN2C)nc1C. The third-order valence-electron chi connectivity index (χ3n) is 3.30. The molecule has 102 valence electrons. The predicted molar refractivity (Wildman–Crippen MR) is 81.5 cm³/mol. The van der Waals surface area contributed by atoms with Crippen molar-refractivity contribution < 1.29 is 0 Å². The van der Waals surface area contributed by atoms with E-state index in [2.05, 4.69) is 31.1 Å². The van der Waals surface area contributed by atoms with Crippen molar-refractivity contribution in [1.82, 2.24) is 15.2 Å². The maximum absolute atomic E-state index is 4.79. The summed E-state index contributed by atoms with van der Waals surface area (Å²) in [5.74, 6) is 2.44. The van der Waals surface area contributed by atoms with E-state index in [0.29, 0.717) is 6.04 Å². The Morgan fingerprint density at radius 3 is 3.06 bits per heavy atom. The summed E-state index contributed by atoms with van der Waals surface area (Å²) in [5, 5.41) is 4.77. The first-order chi connectivity index (χ1) is 8.72. The van der Waals surface area contributed by atoms with Gasteiger partial charge >= 0.3 is 0 Å². The van der Waals surface area contributed by atoms with E-state index in [1.165, 1.54) is 40.0 Å². The molecule has 1 aromatic rings. The number of thioether (sulfide) groups is 1. The monoisotopic (exact) mass is 285 g/mol. The molecule has 0 aliphatic carbocycles. The van der Waals surface area contributed by atoms with Crippen molar-refractivity contribution >= 4 is 23.1 Å². The zero-order valence-corrected chi connectivity index (χ0v) is 13.2. The highest BCUT2D eigenvalue weighted by Crippen LogP contribution is 2.32. The molecule has 2 rings (SSSR count). The summed E-state index contributed by atoms with van der Waals surface area (Å²) in [4.78, 5) is 8.63. The van der Waals surface area contributed by atoms with Gasteiger partial charge in [-0.1, -0.05) is 6.92 Å². The Hall–Kier alpha value is -0.100. The zero-order chi connectivity index (χ0) is 13.0. The van der Waals surface area contributed by atoms with E-state index in [4.69, 9.17) is 4.98 Å². The van der Waals surface area contributed by atoms with Crippen molar-refractivity contribution in [1.29, 1.82) is 0 Å². The molecular weight excluding hydrogens is 262 g/mol. The van der Waals surface area contributed by atoms with Gasteiger partial charge in [-0.05, 0) is 26.9 Å². The van der Waals surface area contributed by atoms with E-state index in [-0.39, 0.29) is 0 Å². The summed E-state index contributed by atoms with van der Waals surface area (Å²) in [6.07, 6.45) is 1.19. The van der Waals surface area contributed by atoms with Gasteiger partial charge in [-0.25, -0.2) is 4.98 Å². The van der Waals surface area contributed by atoms with Gasteiger partial charge in [0, 0.05) is 29.5 Å². The van der Waals surface area contributed by atoms with Crippen molar-refractivity contribution in [2.24, 2.45) is 0 Å². The van der Waals surface area contributed by atoms with Gasteiger partial charge in [-0.2, -0.15) is 11.8 Å². The maximum Gasteiger partial charge on any atom is 0.111 e. The van der Waals surface area contributed by atoms with E-state index in [0.717, 1.165) is 13.1 Å². The average molecular weight is 285 g/mol. The molecule has 0 amide bonds. The first kappa shape index (κ1) is 14.3. The zero-order valence-electron chi connectivity index (χ0n) is 11.5. The maximum atomic E-state index is 4.79. The fraction of sp³-hybridized carbons (Fsp3) is 0.769. The van der Waals surface area contributed by atoms with E-state index in [1.54, 1.807) is 0 Å². The highest BCUT2D eigenvalue weighted by Gasteiger charge is 2.24. The second-order valence-corrected chi connectivity index (χ2v) is 7.07. The largest absolute Gasteiger partial charge is 0.312 e. The Morgan fingerprint density at radius 2 is 2.33 bits per heavy atom. The summed E-state index contributed by atoms with van der Waals surface area (Å²) in [6, 6.07) is 0.521. The van der Waals surface area contributed by atoms with Crippen LogP contribution in [0.1, 0.15) is 35.0 Å². The first-order valence-electron chi connectivity index (χ1n) is 6.67. The van der Waals surface area contributed by atoms with E-state index >= 15 is 0 Å². The Balaban J connectivity index is 2.02. The molecular formula is C13H23N3S2. The predicted octanol–water partition coefficient (Wildman–Crippen LogP) is 2.67. The molecule has 1 unspecified atom stereocenters. The fourth-order valence-electron chi connectivity index (χ4n) is 2.08. The number of nitrogens with one attached hydrogen (secondary N) is 1. The molecule has 0 saturated carbocycles. The number of hydrogen-bond acceptors (Lipinski definition) is 5. The Bertz CT molecular complexity index is 378. The number of thiazole rings is 1. The van der Waals surface area contributed by atoms with Crippen LogP contribution in [0.3, 0.4) is 0 Å². The molecule has 1 fully saturated rings. The number of aromatic nitrogens is 1. The average Bonchev–Trinajstić information content (AvgIpc) is 2.72. The molecule has 5 heteroatoms. The highest BCUT2D eigenvalue weighted by atomic mass is 32.2. The minimum atomic E-state index is 0.521. The number of nitrogens with zero attached hydrogens (tertiary/aromatic N) is 2. The molecule has 0 spiro atoms. The Morgan fingerprint density at radius 1 is 1.50 bits per heavy atom. The third-order valence-corrected chi connectivity index (χ3v) is 5.58. The van der Waals surface area contributed by atoms with Crippen LogP contribution < -0.4 is 5.32 Å². The molecule has 2 heterocycles. The lowest BCUT2D eigenvalue weighted by molar-refractivity contribution is 0.274. The van der Waals surface area contributed by atoms with Crippen LogP contribution in [0, 0.1) is 6.92 Å². The highest BCUT2D eigenvalue weighted by molar-refractivity contribution is 7.99. The van der Waals surface area contributed by atoms with Crippen molar-refractivity contribution in [3.8, 4) is 0 Å². The standard InChI is InChI=1S/C13H23N3S2/c1-4-5-14-8-12-10(2)15-13(18-12)11-9-17-7-6-16(11)3/h11,14H,4-9H2,1-3H3. The lowest BCUT2D eigenvalue weighted by atomic mass is 10.3. The van der Waals surface area contributed by atoms with E-state index in [9.17, 15) is 0 Å². The topological polar surface area (TPSA) is 28.2 Å². The molecule has 3 nitrogen and oxygen atoms in total. The van der Waals surface area contributed by atoms with Gasteiger partial charge in [0.25, 0.3) is 0 Å². The normalized spacial score (nSPS) is 21.4. The Kier molecular flexibility index (Phi) is 5.48. The van der Waals surface area contributed by atoms with E-state index in [1.807, 2.05) is 23.1 Å². The molecule has 1 aromatic heterocycles. The van der Waals surface area contributed by atoms with E-state index < -0.39 is 0 Å². The van der Waals surface area contributed by atoms with Crippen LogP contribution in [0.4, 0.5) is 0 Å². The van der Waals surface area contributed by atoms with Gasteiger partial charge in [-0.3, -0.25) is 4.90 Å². The second-order valence-electron chi connectivity index (χ2n) is 4.81. The van der Waals surface area contributed by atoms with Gasteiger partial charge in [0.2, 0.25) is 0 Å². The molecule has 0 bridgehead atoms. The van der Waals surface area contributed by atoms with Crippen molar-refractivity contribution in [2.75, 3.05) is 31.6 Å². The second kappa shape index (κ2) is 6.89. The summed E-state index contributed by atoms with van der Waals surface area (Å²) >= 11 is 3.94. The van der Waals surface area contributed by atoms with Crippen LogP contribution >= 0.6 is 23.1 Å². The van der Waals surface area contributed by atoms with Crippen molar-refractivity contribution in [3.63, 3.8) is 0 Å². The lowest BCUT2D eigenvalue weighted by Gasteiger charge is -2.30.